The maximum absolute atomic E-state index is 11.9. The molecule has 1 aromatic heterocycles. The summed E-state index contributed by atoms with van der Waals surface area (Å²) in [7, 11) is 0. The monoisotopic (exact) mass is 323 g/mol. The first-order chi connectivity index (χ1) is 6.77. The summed E-state index contributed by atoms with van der Waals surface area (Å²) in [5.74, 6) is 0.132. The van der Waals surface area contributed by atoms with Gasteiger partial charge in [-0.25, -0.2) is 0 Å². The van der Waals surface area contributed by atoms with E-state index in [-0.39, 0.29) is 5.91 Å². The van der Waals surface area contributed by atoms with Crippen LogP contribution in [0.2, 0.25) is 0 Å². The molecule has 1 amide bonds. The number of hydrogen-bond donors (Lipinski definition) is 0. The van der Waals surface area contributed by atoms with Crippen LogP contribution in [-0.2, 0) is 4.74 Å². The maximum atomic E-state index is 11.9. The number of carbonyl (C=O) groups is 1. The Kier molecular flexibility index (Phi) is 3.40. The number of halogens is 1. The molecule has 1 fully saturated rings. The highest BCUT2D eigenvalue weighted by atomic mass is 127. The van der Waals surface area contributed by atoms with Crippen molar-refractivity contribution in [1.82, 2.24) is 4.90 Å². The van der Waals surface area contributed by atoms with Gasteiger partial charge >= 0.3 is 0 Å². The number of carbonyl (C=O) groups excluding carboxylic acids is 1. The summed E-state index contributed by atoms with van der Waals surface area (Å²) in [6.45, 7) is 2.75. The zero-order valence-corrected chi connectivity index (χ0v) is 10.5. The predicted molar refractivity (Wildman–Crippen MR) is 63.8 cm³/mol. The van der Waals surface area contributed by atoms with Gasteiger partial charge in [-0.3, -0.25) is 4.79 Å². The van der Waals surface area contributed by atoms with Gasteiger partial charge in [-0.05, 0) is 28.7 Å². The molecule has 0 N–H and O–H groups in total. The topological polar surface area (TPSA) is 29.5 Å². The molecular formula is C9H10INO2S. The minimum absolute atomic E-state index is 0.132. The first kappa shape index (κ1) is 10.4. The minimum atomic E-state index is 0.132. The SMILES string of the molecule is O=C(c1csc(I)c1)N1CCOCC1. The second-order valence-electron chi connectivity index (χ2n) is 3.04. The van der Waals surface area contributed by atoms with E-state index < -0.39 is 0 Å². The van der Waals surface area contributed by atoms with E-state index in [1.807, 2.05) is 16.3 Å². The zero-order chi connectivity index (χ0) is 9.97. The van der Waals surface area contributed by atoms with E-state index in [0.717, 1.165) is 8.45 Å². The van der Waals surface area contributed by atoms with Gasteiger partial charge in [0.1, 0.15) is 0 Å². The van der Waals surface area contributed by atoms with Crippen LogP contribution in [0, 0.1) is 2.88 Å². The van der Waals surface area contributed by atoms with Crippen LogP contribution in [0.5, 0.6) is 0 Å². The third kappa shape index (κ3) is 2.26. The van der Waals surface area contributed by atoms with Crippen molar-refractivity contribution in [3.05, 3.63) is 19.9 Å². The second-order valence-corrected chi connectivity index (χ2v) is 5.85. The molecule has 3 nitrogen and oxygen atoms in total. The van der Waals surface area contributed by atoms with E-state index in [9.17, 15) is 4.79 Å². The summed E-state index contributed by atoms with van der Waals surface area (Å²) in [5.41, 5.74) is 0.807. The van der Waals surface area contributed by atoms with Gasteiger partial charge in [-0.2, -0.15) is 0 Å². The highest BCUT2D eigenvalue weighted by Crippen LogP contribution is 2.18. The Morgan fingerprint density at radius 3 is 2.79 bits per heavy atom. The standard InChI is InChI=1S/C9H10INO2S/c10-8-5-7(6-14-8)9(12)11-1-3-13-4-2-11/h5-6H,1-4H2. The lowest BCUT2D eigenvalue weighted by Crippen LogP contribution is -2.40. The molecule has 0 saturated carbocycles. The Labute approximate surface area is 100 Å². The third-order valence-corrected chi connectivity index (χ3v) is 3.90. The smallest absolute Gasteiger partial charge is 0.254 e. The van der Waals surface area contributed by atoms with Gasteiger partial charge in [-0.1, -0.05) is 0 Å². The maximum Gasteiger partial charge on any atom is 0.254 e. The molecule has 14 heavy (non-hydrogen) atoms. The van der Waals surface area contributed by atoms with E-state index in [1.54, 1.807) is 11.3 Å². The van der Waals surface area contributed by atoms with Crippen LogP contribution >= 0.6 is 33.9 Å². The van der Waals surface area contributed by atoms with Gasteiger partial charge in [-0.15, -0.1) is 11.3 Å². The third-order valence-electron chi connectivity index (χ3n) is 2.11. The fourth-order valence-electron chi connectivity index (χ4n) is 1.37. The molecule has 0 spiro atoms. The summed E-state index contributed by atoms with van der Waals surface area (Å²) < 4.78 is 6.35. The van der Waals surface area contributed by atoms with Gasteiger partial charge in [0.25, 0.3) is 5.91 Å². The molecule has 76 valence electrons. The number of hydrogen-bond acceptors (Lipinski definition) is 3. The van der Waals surface area contributed by atoms with Gasteiger partial charge in [0.2, 0.25) is 0 Å². The Bertz CT molecular complexity index is 333. The molecule has 0 radical (unpaired) electrons. The molecule has 1 aliphatic rings. The molecule has 1 aromatic rings. The second kappa shape index (κ2) is 4.59. The van der Waals surface area contributed by atoms with E-state index >= 15 is 0 Å². The minimum Gasteiger partial charge on any atom is -0.378 e. The number of amides is 1. The number of morpholine rings is 1. The van der Waals surface area contributed by atoms with Gasteiger partial charge in [0.05, 0.1) is 21.7 Å². The number of thiophene rings is 1. The van der Waals surface area contributed by atoms with Gasteiger partial charge < -0.3 is 9.64 Å². The molecule has 1 saturated heterocycles. The Hall–Kier alpha value is -0.140. The summed E-state index contributed by atoms with van der Waals surface area (Å²) in [5, 5.41) is 1.92. The van der Waals surface area contributed by atoms with Crippen molar-refractivity contribution < 1.29 is 9.53 Å². The highest BCUT2D eigenvalue weighted by Gasteiger charge is 2.18. The van der Waals surface area contributed by atoms with Crippen LogP contribution in [0.4, 0.5) is 0 Å². The van der Waals surface area contributed by atoms with E-state index in [4.69, 9.17) is 4.74 Å². The van der Waals surface area contributed by atoms with E-state index in [2.05, 4.69) is 22.6 Å². The van der Waals surface area contributed by atoms with Gasteiger partial charge in [0, 0.05) is 18.5 Å². The molecular weight excluding hydrogens is 313 g/mol. The van der Waals surface area contributed by atoms with Crippen molar-refractivity contribution in [2.45, 2.75) is 0 Å². The highest BCUT2D eigenvalue weighted by molar-refractivity contribution is 14.1. The van der Waals surface area contributed by atoms with Crippen LogP contribution in [0.3, 0.4) is 0 Å². The predicted octanol–water partition coefficient (Wildman–Crippen LogP) is 1.83. The van der Waals surface area contributed by atoms with Crippen molar-refractivity contribution in [3.63, 3.8) is 0 Å². The molecule has 1 aliphatic heterocycles. The van der Waals surface area contributed by atoms with Gasteiger partial charge in [0.15, 0.2) is 0 Å². The normalized spacial score (nSPS) is 17.1. The lowest BCUT2D eigenvalue weighted by molar-refractivity contribution is 0.0303. The van der Waals surface area contributed by atoms with Crippen molar-refractivity contribution in [3.8, 4) is 0 Å². The average molecular weight is 323 g/mol. The fraction of sp³-hybridized carbons (Fsp3) is 0.444. The molecule has 2 heterocycles. The van der Waals surface area contributed by atoms with E-state index in [0.29, 0.717) is 26.3 Å². The largest absolute Gasteiger partial charge is 0.378 e. The summed E-state index contributed by atoms with van der Waals surface area (Å²) in [4.78, 5) is 13.7. The molecule has 0 atom stereocenters. The van der Waals surface area contributed by atoms with Crippen LogP contribution in [0.15, 0.2) is 11.4 Å². The van der Waals surface area contributed by atoms with Crippen LogP contribution < -0.4 is 0 Å². The molecule has 0 unspecified atom stereocenters. The number of ether oxygens (including phenoxy) is 1. The first-order valence-electron chi connectivity index (χ1n) is 4.38. The molecule has 0 aromatic carbocycles. The molecule has 0 aliphatic carbocycles. The quantitative estimate of drug-likeness (QED) is 0.738. The number of nitrogens with zero attached hydrogens (tertiary/aromatic N) is 1. The Balaban J connectivity index is 2.07. The van der Waals surface area contributed by atoms with Crippen molar-refractivity contribution in [2.75, 3.05) is 26.3 Å². The van der Waals surface area contributed by atoms with Crippen LogP contribution in [0.1, 0.15) is 10.4 Å². The zero-order valence-electron chi connectivity index (χ0n) is 7.53. The van der Waals surface area contributed by atoms with Crippen molar-refractivity contribution in [2.24, 2.45) is 0 Å². The van der Waals surface area contributed by atoms with E-state index in [1.165, 1.54) is 0 Å². The Morgan fingerprint density at radius 1 is 1.50 bits per heavy atom. The Morgan fingerprint density at radius 2 is 2.21 bits per heavy atom. The first-order valence-corrected chi connectivity index (χ1v) is 6.34. The van der Waals surface area contributed by atoms with Crippen molar-refractivity contribution in [1.29, 1.82) is 0 Å². The van der Waals surface area contributed by atoms with Crippen LogP contribution in [0.25, 0.3) is 0 Å². The molecule has 5 heteroatoms. The summed E-state index contributed by atoms with van der Waals surface area (Å²) in [6, 6.07) is 1.93. The lowest BCUT2D eigenvalue weighted by Gasteiger charge is -2.26. The lowest BCUT2D eigenvalue weighted by atomic mass is 10.3. The fourth-order valence-corrected chi connectivity index (χ4v) is 2.69. The summed E-state index contributed by atoms with van der Waals surface area (Å²) in [6.07, 6.45) is 0. The number of rotatable bonds is 1. The average Bonchev–Trinajstić information content (AvgIpc) is 2.65. The molecule has 2 rings (SSSR count). The van der Waals surface area contributed by atoms with Crippen LogP contribution in [-0.4, -0.2) is 37.1 Å². The summed E-state index contributed by atoms with van der Waals surface area (Å²) >= 11 is 3.83. The molecule has 0 bridgehead atoms. The van der Waals surface area contributed by atoms with Crippen molar-refractivity contribution >= 4 is 39.8 Å².